The molecule has 1 N–H and O–H groups in total. The Morgan fingerprint density at radius 1 is 1.29 bits per heavy atom. The molecule has 17 heavy (non-hydrogen) atoms. The van der Waals surface area contributed by atoms with E-state index in [4.69, 9.17) is 4.74 Å². The van der Waals surface area contributed by atoms with E-state index in [1.165, 1.54) is 0 Å². The Labute approximate surface area is 101 Å². The molecule has 2 rings (SSSR count). The van der Waals surface area contributed by atoms with Crippen LogP contribution in [-0.2, 0) is 4.74 Å². The molecule has 1 aromatic rings. The molecule has 1 fully saturated rings. The lowest BCUT2D eigenvalue weighted by atomic mass is 9.79. The van der Waals surface area contributed by atoms with Crippen molar-refractivity contribution in [2.75, 3.05) is 7.11 Å². The maximum absolute atomic E-state index is 12.3. The van der Waals surface area contributed by atoms with Crippen LogP contribution in [0.2, 0.25) is 0 Å². The third-order valence-corrected chi connectivity index (χ3v) is 3.47. The van der Waals surface area contributed by atoms with Gasteiger partial charge in [0.2, 0.25) is 0 Å². The smallest absolute Gasteiger partial charge is 0.171 e. The highest BCUT2D eigenvalue weighted by Gasteiger charge is 2.37. The van der Waals surface area contributed by atoms with Crippen LogP contribution in [0.5, 0.6) is 0 Å². The fourth-order valence-electron chi connectivity index (χ4n) is 2.54. The summed E-state index contributed by atoms with van der Waals surface area (Å²) in [7, 11) is 1.61. The zero-order valence-corrected chi connectivity index (χ0v) is 10.0. The molecule has 0 bridgehead atoms. The standard InChI is InChI=1S/C14H18O3/c1-17-12-9-5-8-11(15)13(12)14(16)10-6-3-2-4-7-10/h2-4,6-7,11-13,15H,5,8-9H2,1H3. The largest absolute Gasteiger partial charge is 0.392 e. The van der Waals surface area contributed by atoms with E-state index in [-0.39, 0.29) is 11.9 Å². The summed E-state index contributed by atoms with van der Waals surface area (Å²) in [5, 5.41) is 10.0. The van der Waals surface area contributed by atoms with E-state index in [1.807, 2.05) is 18.2 Å². The first-order valence-electron chi connectivity index (χ1n) is 6.04. The van der Waals surface area contributed by atoms with Gasteiger partial charge in [-0.25, -0.2) is 0 Å². The molecule has 3 nitrogen and oxygen atoms in total. The molecule has 0 heterocycles. The SMILES string of the molecule is COC1CCCC(O)C1C(=O)c1ccccc1. The molecule has 3 unspecified atom stereocenters. The minimum Gasteiger partial charge on any atom is -0.392 e. The van der Waals surface area contributed by atoms with E-state index < -0.39 is 12.0 Å². The molecule has 0 spiro atoms. The average molecular weight is 234 g/mol. The van der Waals surface area contributed by atoms with E-state index in [0.717, 1.165) is 12.8 Å². The van der Waals surface area contributed by atoms with Gasteiger partial charge >= 0.3 is 0 Å². The van der Waals surface area contributed by atoms with Crippen molar-refractivity contribution in [2.24, 2.45) is 5.92 Å². The molecule has 0 aliphatic heterocycles. The van der Waals surface area contributed by atoms with Crippen molar-refractivity contribution < 1.29 is 14.6 Å². The van der Waals surface area contributed by atoms with Crippen LogP contribution in [0.25, 0.3) is 0 Å². The van der Waals surface area contributed by atoms with Gasteiger partial charge in [0.05, 0.1) is 18.1 Å². The number of aliphatic hydroxyl groups is 1. The summed E-state index contributed by atoms with van der Waals surface area (Å²) in [6, 6.07) is 9.13. The van der Waals surface area contributed by atoms with Gasteiger partial charge in [0.1, 0.15) is 0 Å². The van der Waals surface area contributed by atoms with Crippen molar-refractivity contribution in [3.8, 4) is 0 Å². The fraction of sp³-hybridized carbons (Fsp3) is 0.500. The van der Waals surface area contributed by atoms with Gasteiger partial charge in [-0.1, -0.05) is 30.3 Å². The van der Waals surface area contributed by atoms with Gasteiger partial charge in [0.15, 0.2) is 5.78 Å². The van der Waals surface area contributed by atoms with Gasteiger partial charge in [0.25, 0.3) is 0 Å². The minimum absolute atomic E-state index is 0.00958. The summed E-state index contributed by atoms with van der Waals surface area (Å²) in [5.74, 6) is -0.430. The number of benzene rings is 1. The van der Waals surface area contributed by atoms with Crippen molar-refractivity contribution in [1.29, 1.82) is 0 Å². The van der Waals surface area contributed by atoms with Crippen LogP contribution in [0.1, 0.15) is 29.6 Å². The van der Waals surface area contributed by atoms with Crippen molar-refractivity contribution in [3.05, 3.63) is 35.9 Å². The monoisotopic (exact) mass is 234 g/mol. The van der Waals surface area contributed by atoms with Crippen LogP contribution >= 0.6 is 0 Å². The van der Waals surface area contributed by atoms with E-state index in [0.29, 0.717) is 12.0 Å². The molecule has 3 atom stereocenters. The van der Waals surface area contributed by atoms with Crippen LogP contribution < -0.4 is 0 Å². The van der Waals surface area contributed by atoms with Crippen molar-refractivity contribution >= 4 is 5.78 Å². The Bertz CT molecular complexity index is 374. The number of carbonyl (C=O) groups is 1. The van der Waals surface area contributed by atoms with E-state index in [9.17, 15) is 9.90 Å². The summed E-state index contributed by atoms with van der Waals surface area (Å²) < 4.78 is 5.34. The normalized spacial score (nSPS) is 28.9. The van der Waals surface area contributed by atoms with Gasteiger partial charge in [-0.05, 0) is 19.3 Å². The number of methoxy groups -OCH3 is 1. The van der Waals surface area contributed by atoms with Crippen molar-refractivity contribution in [1.82, 2.24) is 0 Å². The zero-order chi connectivity index (χ0) is 12.3. The number of hydrogen-bond donors (Lipinski definition) is 1. The molecule has 0 aromatic heterocycles. The third-order valence-electron chi connectivity index (χ3n) is 3.47. The summed E-state index contributed by atoms with van der Waals surface area (Å²) in [6.07, 6.45) is 1.70. The predicted molar refractivity (Wildman–Crippen MR) is 64.9 cm³/mol. The van der Waals surface area contributed by atoms with Crippen LogP contribution in [0.15, 0.2) is 30.3 Å². The number of ketones is 1. The quantitative estimate of drug-likeness (QED) is 0.814. The highest BCUT2D eigenvalue weighted by molar-refractivity contribution is 5.98. The number of ether oxygens (including phenoxy) is 1. The number of carbonyl (C=O) groups excluding carboxylic acids is 1. The van der Waals surface area contributed by atoms with Gasteiger partial charge in [0, 0.05) is 12.7 Å². The number of hydrogen-bond acceptors (Lipinski definition) is 3. The molecule has 0 amide bonds. The zero-order valence-electron chi connectivity index (χ0n) is 10.0. The number of aliphatic hydroxyl groups excluding tert-OH is 1. The van der Waals surface area contributed by atoms with Crippen LogP contribution in [0, 0.1) is 5.92 Å². The van der Waals surface area contributed by atoms with Crippen LogP contribution in [-0.4, -0.2) is 30.2 Å². The maximum atomic E-state index is 12.3. The second kappa shape index (κ2) is 5.43. The lowest BCUT2D eigenvalue weighted by Gasteiger charge is -2.33. The first-order chi connectivity index (χ1) is 8.24. The molecule has 1 saturated carbocycles. The first-order valence-corrected chi connectivity index (χ1v) is 6.04. The van der Waals surface area contributed by atoms with Gasteiger partial charge in [-0.2, -0.15) is 0 Å². The van der Waals surface area contributed by atoms with Crippen molar-refractivity contribution in [3.63, 3.8) is 0 Å². The topological polar surface area (TPSA) is 46.5 Å². The second-order valence-corrected chi connectivity index (χ2v) is 4.53. The number of Topliss-reactive ketones (excluding diaryl/α,β-unsaturated/α-hetero) is 1. The summed E-state index contributed by atoms with van der Waals surface area (Å²) >= 11 is 0. The van der Waals surface area contributed by atoms with E-state index in [1.54, 1.807) is 19.2 Å². The van der Waals surface area contributed by atoms with Crippen LogP contribution in [0.3, 0.4) is 0 Å². The third kappa shape index (κ3) is 2.56. The van der Waals surface area contributed by atoms with Gasteiger partial charge in [-0.3, -0.25) is 4.79 Å². The van der Waals surface area contributed by atoms with Gasteiger partial charge < -0.3 is 9.84 Å². The summed E-state index contributed by atoms with van der Waals surface area (Å²) in [4.78, 5) is 12.3. The molecule has 1 aromatic carbocycles. The maximum Gasteiger partial charge on any atom is 0.171 e. The Hall–Kier alpha value is -1.19. The average Bonchev–Trinajstić information content (AvgIpc) is 2.38. The fourth-order valence-corrected chi connectivity index (χ4v) is 2.54. The second-order valence-electron chi connectivity index (χ2n) is 4.53. The molecular formula is C14H18O3. The lowest BCUT2D eigenvalue weighted by Crippen LogP contribution is -2.42. The molecule has 0 radical (unpaired) electrons. The van der Waals surface area contributed by atoms with Crippen molar-refractivity contribution in [2.45, 2.75) is 31.5 Å². The number of rotatable bonds is 3. The van der Waals surface area contributed by atoms with E-state index in [2.05, 4.69) is 0 Å². The summed E-state index contributed by atoms with van der Waals surface area (Å²) in [5.41, 5.74) is 0.653. The van der Waals surface area contributed by atoms with E-state index >= 15 is 0 Å². The highest BCUT2D eigenvalue weighted by atomic mass is 16.5. The molecule has 3 heteroatoms. The minimum atomic E-state index is -0.582. The Balaban J connectivity index is 2.21. The molecule has 1 aliphatic carbocycles. The predicted octanol–water partition coefficient (Wildman–Crippen LogP) is 2.05. The Kier molecular flexibility index (Phi) is 3.92. The molecule has 92 valence electrons. The molecule has 1 aliphatic rings. The summed E-state index contributed by atoms with van der Waals surface area (Å²) in [6.45, 7) is 0. The highest BCUT2D eigenvalue weighted by Crippen LogP contribution is 2.29. The first kappa shape index (κ1) is 12.3. The molecular weight excluding hydrogens is 216 g/mol. The van der Waals surface area contributed by atoms with Crippen LogP contribution in [0.4, 0.5) is 0 Å². The molecule has 0 saturated heterocycles. The van der Waals surface area contributed by atoms with Gasteiger partial charge in [-0.15, -0.1) is 0 Å². The Morgan fingerprint density at radius 2 is 2.00 bits per heavy atom. The lowest BCUT2D eigenvalue weighted by molar-refractivity contribution is -0.0331. The Morgan fingerprint density at radius 3 is 2.65 bits per heavy atom.